The Balaban J connectivity index is 1.95. The number of benzene rings is 1. The first-order valence-corrected chi connectivity index (χ1v) is 6.38. The molecule has 5 nitrogen and oxygen atoms in total. The van der Waals surface area contributed by atoms with Crippen molar-refractivity contribution in [1.29, 1.82) is 0 Å². The lowest BCUT2D eigenvalue weighted by molar-refractivity contribution is 0.268. The van der Waals surface area contributed by atoms with E-state index in [1.807, 2.05) is 23.0 Å². The molecule has 0 amide bonds. The molecule has 1 unspecified atom stereocenters. The summed E-state index contributed by atoms with van der Waals surface area (Å²) >= 11 is 0. The maximum Gasteiger partial charge on any atom is 0.137 e. The van der Waals surface area contributed by atoms with Crippen molar-refractivity contribution in [2.24, 2.45) is 0 Å². The minimum atomic E-state index is 0.166. The molecule has 1 atom stereocenters. The number of rotatable bonds is 5. The van der Waals surface area contributed by atoms with Crippen molar-refractivity contribution < 1.29 is 5.11 Å². The number of aromatic nitrogens is 4. The molecule has 2 N–H and O–H groups in total. The summed E-state index contributed by atoms with van der Waals surface area (Å²) in [6.45, 7) is 0.890. The van der Waals surface area contributed by atoms with Gasteiger partial charge in [-0.2, -0.15) is 5.10 Å². The molecule has 0 radical (unpaired) electrons. The van der Waals surface area contributed by atoms with Crippen LogP contribution >= 0.6 is 0 Å². The van der Waals surface area contributed by atoms with Crippen LogP contribution in [0.2, 0.25) is 0 Å². The monoisotopic (exact) mass is 256 g/mol. The number of hydrogen-bond donors (Lipinski definition) is 2. The van der Waals surface area contributed by atoms with E-state index in [1.54, 1.807) is 6.33 Å². The molecule has 0 spiro atoms. The van der Waals surface area contributed by atoms with Crippen molar-refractivity contribution in [3.8, 4) is 0 Å². The number of para-hydroxylation sites is 1. The molecule has 0 saturated heterocycles. The van der Waals surface area contributed by atoms with Crippen molar-refractivity contribution in [1.82, 2.24) is 19.7 Å². The summed E-state index contributed by atoms with van der Waals surface area (Å²) in [5.41, 5.74) is 2.35. The number of nitrogens with one attached hydrogen (secondary N) is 1. The second-order valence-electron chi connectivity index (χ2n) is 4.62. The lowest BCUT2D eigenvalue weighted by Gasteiger charge is -2.15. The normalized spacial score (nSPS) is 12.9. The number of H-pyrrole nitrogens is 1. The summed E-state index contributed by atoms with van der Waals surface area (Å²) in [5.74, 6) is 0.225. The number of nitrogens with zero attached hydrogens (tertiary/aromatic N) is 3. The van der Waals surface area contributed by atoms with E-state index >= 15 is 0 Å². The Bertz CT molecular complexity index is 644. The van der Waals surface area contributed by atoms with Crippen molar-refractivity contribution in [3.05, 3.63) is 48.7 Å². The summed E-state index contributed by atoms with van der Waals surface area (Å²) in [4.78, 5) is 7.24. The highest BCUT2D eigenvalue weighted by atomic mass is 16.3. The smallest absolute Gasteiger partial charge is 0.137 e. The van der Waals surface area contributed by atoms with E-state index in [0.717, 1.165) is 12.1 Å². The maximum absolute atomic E-state index is 9.28. The van der Waals surface area contributed by atoms with E-state index in [2.05, 4.69) is 27.2 Å². The molecule has 2 aromatic heterocycles. The average Bonchev–Trinajstić information content (AvgIpc) is 3.07. The van der Waals surface area contributed by atoms with E-state index in [1.165, 1.54) is 17.3 Å². The van der Waals surface area contributed by atoms with Crippen LogP contribution in [0.15, 0.2) is 43.1 Å². The van der Waals surface area contributed by atoms with Gasteiger partial charge in [-0.15, -0.1) is 0 Å². The standard InChI is InChI=1S/C14H16N4O/c19-6-5-11(8-18-10-15-9-17-18)13-7-16-14-4-2-1-3-12(13)14/h1-4,7,9-11,16,19H,5-6,8H2. The molecular formula is C14H16N4O. The fourth-order valence-electron chi connectivity index (χ4n) is 2.49. The molecule has 3 rings (SSSR count). The molecule has 0 bridgehead atoms. The third-order valence-corrected chi connectivity index (χ3v) is 3.41. The molecule has 1 aromatic carbocycles. The van der Waals surface area contributed by atoms with Crippen LogP contribution in [-0.2, 0) is 6.54 Å². The van der Waals surface area contributed by atoms with Crippen LogP contribution in [0.1, 0.15) is 17.9 Å². The fourth-order valence-corrected chi connectivity index (χ4v) is 2.49. The molecule has 0 aliphatic rings. The minimum Gasteiger partial charge on any atom is -0.396 e. The van der Waals surface area contributed by atoms with Gasteiger partial charge in [0, 0.05) is 36.2 Å². The third-order valence-electron chi connectivity index (χ3n) is 3.41. The SMILES string of the molecule is OCCC(Cn1cncn1)c1c[nH]c2ccccc12. The zero-order chi connectivity index (χ0) is 13.1. The highest BCUT2D eigenvalue weighted by Crippen LogP contribution is 2.28. The van der Waals surface area contributed by atoms with Crippen LogP contribution in [0.3, 0.4) is 0 Å². The van der Waals surface area contributed by atoms with Crippen LogP contribution in [-0.4, -0.2) is 31.5 Å². The van der Waals surface area contributed by atoms with Gasteiger partial charge in [-0.1, -0.05) is 18.2 Å². The van der Waals surface area contributed by atoms with Gasteiger partial charge in [-0.3, -0.25) is 4.68 Å². The zero-order valence-corrected chi connectivity index (χ0v) is 10.5. The lowest BCUT2D eigenvalue weighted by atomic mass is 9.95. The van der Waals surface area contributed by atoms with Gasteiger partial charge in [-0.25, -0.2) is 4.98 Å². The van der Waals surface area contributed by atoms with Crippen LogP contribution in [0.5, 0.6) is 0 Å². The zero-order valence-electron chi connectivity index (χ0n) is 10.5. The Morgan fingerprint density at radius 3 is 3.00 bits per heavy atom. The van der Waals surface area contributed by atoms with Crippen LogP contribution in [0, 0.1) is 0 Å². The van der Waals surface area contributed by atoms with Gasteiger partial charge >= 0.3 is 0 Å². The third kappa shape index (κ3) is 2.37. The quantitative estimate of drug-likeness (QED) is 0.733. The van der Waals surface area contributed by atoms with E-state index < -0.39 is 0 Å². The second kappa shape index (κ2) is 5.24. The molecule has 0 saturated carbocycles. The van der Waals surface area contributed by atoms with Gasteiger partial charge < -0.3 is 10.1 Å². The molecule has 0 fully saturated rings. The topological polar surface area (TPSA) is 66.7 Å². The number of aliphatic hydroxyl groups is 1. The molecule has 2 heterocycles. The van der Waals surface area contributed by atoms with Gasteiger partial charge in [0.2, 0.25) is 0 Å². The van der Waals surface area contributed by atoms with E-state index in [0.29, 0.717) is 6.42 Å². The van der Waals surface area contributed by atoms with Crippen LogP contribution in [0.4, 0.5) is 0 Å². The Morgan fingerprint density at radius 2 is 2.21 bits per heavy atom. The van der Waals surface area contributed by atoms with Gasteiger partial charge in [0.05, 0.1) is 0 Å². The van der Waals surface area contributed by atoms with Crippen molar-refractivity contribution in [3.63, 3.8) is 0 Å². The highest BCUT2D eigenvalue weighted by molar-refractivity contribution is 5.83. The number of hydrogen-bond acceptors (Lipinski definition) is 3. The molecule has 0 aliphatic heterocycles. The molecule has 3 aromatic rings. The average molecular weight is 256 g/mol. The summed E-state index contributed by atoms with van der Waals surface area (Å²) in [5, 5.41) is 14.6. The number of aliphatic hydroxyl groups excluding tert-OH is 1. The predicted molar refractivity (Wildman–Crippen MR) is 72.8 cm³/mol. The highest BCUT2D eigenvalue weighted by Gasteiger charge is 2.16. The first-order chi connectivity index (χ1) is 9.38. The summed E-state index contributed by atoms with van der Waals surface area (Å²) in [6.07, 6.45) is 5.98. The summed E-state index contributed by atoms with van der Waals surface area (Å²) < 4.78 is 1.81. The Kier molecular flexibility index (Phi) is 3.29. The van der Waals surface area contributed by atoms with Gasteiger partial charge in [0.1, 0.15) is 12.7 Å². The number of fused-ring (bicyclic) bond motifs is 1. The number of aromatic amines is 1. The molecule has 0 aliphatic carbocycles. The van der Waals surface area contributed by atoms with Crippen LogP contribution < -0.4 is 0 Å². The first kappa shape index (κ1) is 11.9. The Hall–Kier alpha value is -2.14. The lowest BCUT2D eigenvalue weighted by Crippen LogP contribution is -2.11. The van der Waals surface area contributed by atoms with E-state index in [-0.39, 0.29) is 12.5 Å². The van der Waals surface area contributed by atoms with E-state index in [4.69, 9.17) is 0 Å². The van der Waals surface area contributed by atoms with E-state index in [9.17, 15) is 5.11 Å². The Labute approximate surface area is 110 Å². The first-order valence-electron chi connectivity index (χ1n) is 6.38. The largest absolute Gasteiger partial charge is 0.396 e. The second-order valence-corrected chi connectivity index (χ2v) is 4.62. The maximum atomic E-state index is 9.28. The van der Waals surface area contributed by atoms with Gasteiger partial charge in [-0.05, 0) is 18.1 Å². The van der Waals surface area contributed by atoms with Gasteiger partial charge in [0.15, 0.2) is 0 Å². The van der Waals surface area contributed by atoms with Gasteiger partial charge in [0.25, 0.3) is 0 Å². The fraction of sp³-hybridized carbons (Fsp3) is 0.286. The predicted octanol–water partition coefficient (Wildman–Crippen LogP) is 1.93. The summed E-state index contributed by atoms with van der Waals surface area (Å²) in [6, 6.07) is 8.21. The summed E-state index contributed by atoms with van der Waals surface area (Å²) in [7, 11) is 0. The minimum absolute atomic E-state index is 0.166. The van der Waals surface area contributed by atoms with Crippen molar-refractivity contribution in [2.45, 2.75) is 18.9 Å². The molecule has 98 valence electrons. The van der Waals surface area contributed by atoms with Crippen molar-refractivity contribution in [2.75, 3.05) is 6.61 Å². The molecular weight excluding hydrogens is 240 g/mol. The molecule has 5 heteroatoms. The van der Waals surface area contributed by atoms with Crippen LogP contribution in [0.25, 0.3) is 10.9 Å². The Morgan fingerprint density at radius 1 is 1.32 bits per heavy atom. The van der Waals surface area contributed by atoms with Crippen molar-refractivity contribution >= 4 is 10.9 Å². The molecule has 19 heavy (non-hydrogen) atoms.